The van der Waals surface area contributed by atoms with Gasteiger partial charge in [-0.25, -0.2) is 0 Å². The van der Waals surface area contributed by atoms with Crippen LogP contribution in [0.3, 0.4) is 0 Å². The lowest BCUT2D eigenvalue weighted by Crippen LogP contribution is -2.49. The van der Waals surface area contributed by atoms with Crippen LogP contribution < -0.4 is 5.32 Å². The zero-order valence-electron chi connectivity index (χ0n) is 12.8. The molecule has 1 aromatic carbocycles. The fourth-order valence-corrected chi connectivity index (χ4v) is 3.16. The number of carboxylic acids is 1. The van der Waals surface area contributed by atoms with Crippen molar-refractivity contribution in [2.75, 3.05) is 12.8 Å². The molecule has 4 heteroatoms. The monoisotopic (exact) mass is 295 g/mol. The molecular weight excluding hydrogens is 270 g/mol. The van der Waals surface area contributed by atoms with Gasteiger partial charge in [0.2, 0.25) is 0 Å². The Balaban J connectivity index is 2.48. The zero-order chi connectivity index (χ0) is 15.2. The van der Waals surface area contributed by atoms with E-state index in [0.717, 1.165) is 12.2 Å². The van der Waals surface area contributed by atoms with Gasteiger partial charge in [-0.15, -0.1) is 11.8 Å². The SMILES string of the molecule is CCC(CCCSc1ccc(C)c(C)c1)(NC)C(=O)O. The van der Waals surface area contributed by atoms with Gasteiger partial charge in [-0.1, -0.05) is 13.0 Å². The van der Waals surface area contributed by atoms with Gasteiger partial charge in [0.25, 0.3) is 0 Å². The van der Waals surface area contributed by atoms with Crippen molar-refractivity contribution >= 4 is 17.7 Å². The molecule has 2 N–H and O–H groups in total. The first-order valence-corrected chi connectivity index (χ1v) is 8.06. The summed E-state index contributed by atoms with van der Waals surface area (Å²) in [4.78, 5) is 12.6. The first kappa shape index (κ1) is 17.1. The smallest absolute Gasteiger partial charge is 0.323 e. The van der Waals surface area contributed by atoms with E-state index in [0.29, 0.717) is 12.8 Å². The fourth-order valence-electron chi connectivity index (χ4n) is 2.21. The largest absolute Gasteiger partial charge is 0.480 e. The third kappa shape index (κ3) is 4.25. The molecule has 0 amide bonds. The molecule has 0 heterocycles. The molecule has 0 spiro atoms. The predicted octanol–water partition coefficient (Wildman–Crippen LogP) is 3.63. The summed E-state index contributed by atoms with van der Waals surface area (Å²) in [6, 6.07) is 6.47. The summed E-state index contributed by atoms with van der Waals surface area (Å²) in [5, 5.41) is 12.3. The average Bonchev–Trinajstić information content (AvgIpc) is 2.43. The molecule has 0 saturated carbocycles. The van der Waals surface area contributed by atoms with Crippen LogP contribution in [0.25, 0.3) is 0 Å². The van der Waals surface area contributed by atoms with E-state index in [9.17, 15) is 9.90 Å². The Morgan fingerprint density at radius 2 is 2.05 bits per heavy atom. The van der Waals surface area contributed by atoms with Crippen molar-refractivity contribution in [3.05, 3.63) is 29.3 Å². The molecule has 1 rings (SSSR count). The molecule has 0 radical (unpaired) electrons. The van der Waals surface area contributed by atoms with E-state index in [2.05, 4.69) is 37.4 Å². The van der Waals surface area contributed by atoms with Crippen molar-refractivity contribution in [3.63, 3.8) is 0 Å². The van der Waals surface area contributed by atoms with Crippen LogP contribution >= 0.6 is 11.8 Å². The summed E-state index contributed by atoms with van der Waals surface area (Å²) >= 11 is 1.80. The van der Waals surface area contributed by atoms with Crippen LogP contribution in [-0.2, 0) is 4.79 Å². The summed E-state index contributed by atoms with van der Waals surface area (Å²) in [5.41, 5.74) is 1.84. The molecule has 0 saturated heterocycles. The van der Waals surface area contributed by atoms with Gasteiger partial charge in [-0.2, -0.15) is 0 Å². The minimum Gasteiger partial charge on any atom is -0.480 e. The van der Waals surface area contributed by atoms with E-state index in [1.165, 1.54) is 16.0 Å². The average molecular weight is 295 g/mol. The van der Waals surface area contributed by atoms with Crippen molar-refractivity contribution in [1.82, 2.24) is 5.32 Å². The topological polar surface area (TPSA) is 49.3 Å². The molecule has 112 valence electrons. The Kier molecular flexibility index (Phi) is 6.56. The van der Waals surface area contributed by atoms with Crippen LogP contribution in [0.4, 0.5) is 0 Å². The number of carboxylic acid groups (broad SMARTS) is 1. The summed E-state index contributed by atoms with van der Waals surface area (Å²) < 4.78 is 0. The molecule has 1 unspecified atom stereocenters. The molecule has 3 nitrogen and oxygen atoms in total. The maximum Gasteiger partial charge on any atom is 0.323 e. The number of likely N-dealkylation sites (N-methyl/N-ethyl adjacent to an activating group) is 1. The molecule has 1 aromatic rings. The molecule has 0 bridgehead atoms. The standard InChI is InChI=1S/C16H25NO2S/c1-5-16(17-4,15(18)19)9-6-10-20-14-8-7-12(2)13(3)11-14/h7-8,11,17H,5-6,9-10H2,1-4H3,(H,18,19). The fraction of sp³-hybridized carbons (Fsp3) is 0.562. The van der Waals surface area contributed by atoms with Crippen LogP contribution in [0.1, 0.15) is 37.3 Å². The van der Waals surface area contributed by atoms with Crippen LogP contribution in [-0.4, -0.2) is 29.4 Å². The number of rotatable bonds is 8. The Hall–Kier alpha value is -1.00. The van der Waals surface area contributed by atoms with Gasteiger partial charge in [-0.05, 0) is 69.2 Å². The number of aryl methyl sites for hydroxylation is 2. The summed E-state index contributed by atoms with van der Waals surface area (Å²) in [7, 11) is 1.73. The van der Waals surface area contributed by atoms with Crippen molar-refractivity contribution in [2.24, 2.45) is 0 Å². The number of benzene rings is 1. The molecule has 0 aliphatic rings. The number of aliphatic carboxylic acids is 1. The Labute approximate surface area is 126 Å². The summed E-state index contributed by atoms with van der Waals surface area (Å²) in [6.45, 7) is 6.15. The number of hydrogen-bond acceptors (Lipinski definition) is 3. The predicted molar refractivity (Wildman–Crippen MR) is 85.6 cm³/mol. The maximum absolute atomic E-state index is 11.4. The van der Waals surface area contributed by atoms with Crippen molar-refractivity contribution in [1.29, 1.82) is 0 Å². The van der Waals surface area contributed by atoms with E-state index in [1.807, 2.05) is 6.92 Å². The molecule has 0 aliphatic heterocycles. The van der Waals surface area contributed by atoms with Crippen LogP contribution in [0.2, 0.25) is 0 Å². The minimum absolute atomic E-state index is 0.604. The van der Waals surface area contributed by atoms with Crippen LogP contribution in [0.5, 0.6) is 0 Å². The summed E-state index contributed by atoms with van der Waals surface area (Å²) in [5.74, 6) is 0.192. The lowest BCUT2D eigenvalue weighted by atomic mass is 9.91. The second-order valence-corrected chi connectivity index (χ2v) is 6.36. The number of hydrogen-bond donors (Lipinski definition) is 2. The van der Waals surface area contributed by atoms with Crippen molar-refractivity contribution < 1.29 is 9.90 Å². The molecule has 0 aromatic heterocycles. The van der Waals surface area contributed by atoms with Gasteiger partial charge in [0.1, 0.15) is 5.54 Å². The van der Waals surface area contributed by atoms with Crippen LogP contribution in [0.15, 0.2) is 23.1 Å². The first-order chi connectivity index (χ1) is 9.45. The normalized spacial score (nSPS) is 14.0. The van der Waals surface area contributed by atoms with Gasteiger partial charge >= 0.3 is 5.97 Å². The highest BCUT2D eigenvalue weighted by atomic mass is 32.2. The molecule has 0 aliphatic carbocycles. The number of carbonyl (C=O) groups is 1. The van der Waals surface area contributed by atoms with Crippen molar-refractivity contribution in [2.45, 2.75) is 50.5 Å². The highest BCUT2D eigenvalue weighted by Crippen LogP contribution is 2.24. The maximum atomic E-state index is 11.4. The van der Waals surface area contributed by atoms with E-state index >= 15 is 0 Å². The highest BCUT2D eigenvalue weighted by molar-refractivity contribution is 7.99. The van der Waals surface area contributed by atoms with Gasteiger partial charge in [-0.3, -0.25) is 4.79 Å². The van der Waals surface area contributed by atoms with Gasteiger partial charge in [0.15, 0.2) is 0 Å². The van der Waals surface area contributed by atoms with E-state index in [-0.39, 0.29) is 0 Å². The Bertz CT molecular complexity index is 456. The zero-order valence-corrected chi connectivity index (χ0v) is 13.6. The second kappa shape index (κ2) is 7.70. The van der Waals surface area contributed by atoms with Gasteiger partial charge in [0, 0.05) is 4.90 Å². The molecule has 0 fully saturated rings. The Morgan fingerprint density at radius 3 is 2.55 bits per heavy atom. The molecule has 1 atom stereocenters. The molecular formula is C16H25NO2S. The van der Waals surface area contributed by atoms with Crippen molar-refractivity contribution in [3.8, 4) is 0 Å². The van der Waals surface area contributed by atoms with E-state index in [4.69, 9.17) is 0 Å². The first-order valence-electron chi connectivity index (χ1n) is 7.07. The minimum atomic E-state index is -0.774. The van der Waals surface area contributed by atoms with Crippen LogP contribution in [0, 0.1) is 13.8 Å². The van der Waals surface area contributed by atoms with Gasteiger partial charge < -0.3 is 10.4 Å². The lowest BCUT2D eigenvalue weighted by Gasteiger charge is -2.27. The van der Waals surface area contributed by atoms with E-state index in [1.54, 1.807) is 18.8 Å². The molecule has 20 heavy (non-hydrogen) atoms. The van der Waals surface area contributed by atoms with E-state index < -0.39 is 11.5 Å². The third-order valence-electron chi connectivity index (χ3n) is 3.99. The third-order valence-corrected chi connectivity index (χ3v) is 5.07. The lowest BCUT2D eigenvalue weighted by molar-refractivity contribution is -0.145. The Morgan fingerprint density at radius 1 is 1.35 bits per heavy atom. The second-order valence-electron chi connectivity index (χ2n) is 5.19. The number of thioether (sulfide) groups is 1. The quantitative estimate of drug-likeness (QED) is 0.568. The van der Waals surface area contributed by atoms with Gasteiger partial charge in [0.05, 0.1) is 0 Å². The number of nitrogens with one attached hydrogen (secondary N) is 1. The highest BCUT2D eigenvalue weighted by Gasteiger charge is 2.33. The summed E-state index contributed by atoms with van der Waals surface area (Å²) in [6.07, 6.45) is 2.15.